The van der Waals surface area contributed by atoms with Gasteiger partial charge in [-0.1, -0.05) is 29.3 Å². The van der Waals surface area contributed by atoms with Gasteiger partial charge in [0.05, 0.1) is 16.8 Å². The number of benzene rings is 1. The third-order valence-electron chi connectivity index (χ3n) is 7.57. The molecular weight excluding hydrogens is 582 g/mol. The first-order valence-electron chi connectivity index (χ1n) is 12.8. The summed E-state index contributed by atoms with van der Waals surface area (Å²) >= 11 is 13.2. The van der Waals surface area contributed by atoms with E-state index in [0.29, 0.717) is 40.7 Å². The summed E-state index contributed by atoms with van der Waals surface area (Å²) in [4.78, 5) is 40.1. The van der Waals surface area contributed by atoms with Gasteiger partial charge in [-0.25, -0.2) is 15.0 Å². The van der Waals surface area contributed by atoms with Gasteiger partial charge in [-0.2, -0.15) is 13.2 Å². The summed E-state index contributed by atoms with van der Waals surface area (Å²) in [6, 6.07) is 6.22. The fourth-order valence-corrected chi connectivity index (χ4v) is 6.07. The zero-order valence-electron chi connectivity index (χ0n) is 21.3. The lowest BCUT2D eigenvalue weighted by molar-refractivity contribution is -0.137. The van der Waals surface area contributed by atoms with Crippen LogP contribution in [0.1, 0.15) is 53.3 Å². The number of piperidine rings is 1. The number of nitrogens with two attached hydrogens (primary N) is 1. The van der Waals surface area contributed by atoms with Gasteiger partial charge in [0.2, 0.25) is 5.91 Å². The number of rotatable bonds is 4. The SMILES string of the molecule is Nc1ncc(Cl)n2c(C3CCC4CCC(=O)N4C3)nc(-c3ccc(C(=O)Nc4cc(C(F)(F)F)ccn4)cc3Cl)c12. The summed E-state index contributed by atoms with van der Waals surface area (Å²) in [6.45, 7) is 0.511. The number of anilines is 2. The van der Waals surface area contributed by atoms with Crippen LogP contribution in [-0.4, -0.2) is 48.7 Å². The van der Waals surface area contributed by atoms with Gasteiger partial charge in [0.1, 0.15) is 33.8 Å². The first-order valence-corrected chi connectivity index (χ1v) is 13.5. The summed E-state index contributed by atoms with van der Waals surface area (Å²) in [7, 11) is 0. The lowest BCUT2D eigenvalue weighted by Crippen LogP contribution is -2.41. The fourth-order valence-electron chi connectivity index (χ4n) is 5.58. The van der Waals surface area contributed by atoms with Gasteiger partial charge in [0.15, 0.2) is 0 Å². The molecule has 0 bridgehead atoms. The molecule has 3 aromatic heterocycles. The van der Waals surface area contributed by atoms with Gasteiger partial charge in [0, 0.05) is 42.2 Å². The number of nitrogen functional groups attached to an aromatic ring is 1. The lowest BCUT2D eigenvalue weighted by atomic mass is 9.92. The molecule has 2 amide bonds. The van der Waals surface area contributed by atoms with Crippen molar-refractivity contribution in [2.45, 2.75) is 43.8 Å². The Morgan fingerprint density at radius 3 is 2.66 bits per heavy atom. The first kappa shape index (κ1) is 27.3. The molecule has 0 spiro atoms. The number of halogens is 5. The Morgan fingerprint density at radius 2 is 1.90 bits per heavy atom. The van der Waals surface area contributed by atoms with Crippen LogP contribution in [0.25, 0.3) is 16.8 Å². The number of hydrogen-bond acceptors (Lipinski definition) is 6. The van der Waals surface area contributed by atoms with E-state index in [1.165, 1.54) is 18.3 Å². The van der Waals surface area contributed by atoms with Gasteiger partial charge in [-0.15, -0.1) is 0 Å². The number of pyridine rings is 1. The summed E-state index contributed by atoms with van der Waals surface area (Å²) in [6.07, 6.45) is 0.876. The Morgan fingerprint density at radius 1 is 1.10 bits per heavy atom. The van der Waals surface area contributed by atoms with Crippen molar-refractivity contribution in [2.24, 2.45) is 0 Å². The number of carbonyl (C=O) groups excluding carboxylic acids is 2. The van der Waals surface area contributed by atoms with Crippen molar-refractivity contribution in [1.29, 1.82) is 0 Å². The highest BCUT2D eigenvalue weighted by Crippen LogP contribution is 2.40. The van der Waals surface area contributed by atoms with E-state index in [9.17, 15) is 22.8 Å². The number of alkyl halides is 3. The van der Waals surface area contributed by atoms with Crippen LogP contribution in [0.5, 0.6) is 0 Å². The van der Waals surface area contributed by atoms with E-state index in [4.69, 9.17) is 33.9 Å². The number of nitrogens with one attached hydrogen (secondary N) is 1. The third-order valence-corrected chi connectivity index (χ3v) is 8.15. The third kappa shape index (κ3) is 4.95. The van der Waals surface area contributed by atoms with E-state index in [1.54, 1.807) is 10.5 Å². The Bertz CT molecular complexity index is 1710. The van der Waals surface area contributed by atoms with Crippen molar-refractivity contribution < 1.29 is 22.8 Å². The van der Waals surface area contributed by atoms with Crippen molar-refractivity contribution >= 4 is 52.2 Å². The smallest absolute Gasteiger partial charge is 0.382 e. The minimum absolute atomic E-state index is 0.0942. The molecule has 2 atom stereocenters. The number of hydrogen-bond donors (Lipinski definition) is 2. The number of carbonyl (C=O) groups is 2. The average Bonchev–Trinajstić information content (AvgIpc) is 3.52. The summed E-state index contributed by atoms with van der Waals surface area (Å²) in [5.41, 5.74) is 6.73. The molecule has 3 N–H and O–H groups in total. The van der Waals surface area contributed by atoms with Gasteiger partial charge in [-0.3, -0.25) is 14.0 Å². The van der Waals surface area contributed by atoms with E-state index in [1.807, 2.05) is 4.90 Å². The zero-order valence-corrected chi connectivity index (χ0v) is 22.8. The topological polar surface area (TPSA) is 119 Å². The molecule has 9 nitrogen and oxygen atoms in total. The number of amides is 2. The second kappa shape index (κ2) is 10.2. The van der Waals surface area contributed by atoms with E-state index in [-0.39, 0.29) is 40.1 Å². The van der Waals surface area contributed by atoms with Crippen molar-refractivity contribution in [3.63, 3.8) is 0 Å². The average molecular weight is 604 g/mol. The van der Waals surface area contributed by atoms with Crippen LogP contribution < -0.4 is 11.1 Å². The van der Waals surface area contributed by atoms with Crippen LogP contribution in [0.4, 0.5) is 24.8 Å². The highest BCUT2D eigenvalue weighted by atomic mass is 35.5. The number of fused-ring (bicyclic) bond motifs is 2. The van der Waals surface area contributed by atoms with Crippen LogP contribution in [0.2, 0.25) is 10.2 Å². The molecule has 41 heavy (non-hydrogen) atoms. The highest BCUT2D eigenvalue weighted by Gasteiger charge is 2.39. The predicted octanol–water partition coefficient (Wildman–Crippen LogP) is 5.82. The van der Waals surface area contributed by atoms with Crippen LogP contribution in [-0.2, 0) is 11.0 Å². The number of nitrogens with zero attached hydrogens (tertiary/aromatic N) is 5. The zero-order chi connectivity index (χ0) is 29.1. The molecule has 2 unspecified atom stereocenters. The van der Waals surface area contributed by atoms with Crippen LogP contribution >= 0.6 is 23.2 Å². The number of aromatic nitrogens is 4. The minimum atomic E-state index is -4.58. The van der Waals surface area contributed by atoms with Crippen LogP contribution in [0, 0.1) is 0 Å². The van der Waals surface area contributed by atoms with E-state index in [0.717, 1.165) is 37.6 Å². The van der Waals surface area contributed by atoms with E-state index >= 15 is 0 Å². The molecule has 5 heterocycles. The molecule has 0 radical (unpaired) electrons. The summed E-state index contributed by atoms with van der Waals surface area (Å²) in [5, 5.41) is 2.81. The Labute approximate surface area is 241 Å². The Balaban J connectivity index is 1.34. The molecule has 14 heteroatoms. The maximum atomic E-state index is 13.0. The monoisotopic (exact) mass is 603 g/mol. The molecule has 6 rings (SSSR count). The molecule has 2 aliphatic rings. The molecule has 212 valence electrons. The summed E-state index contributed by atoms with van der Waals surface area (Å²) < 4.78 is 40.8. The second-order valence-electron chi connectivity index (χ2n) is 10.1. The van der Waals surface area contributed by atoms with E-state index < -0.39 is 17.6 Å². The Hall–Kier alpha value is -3.90. The van der Waals surface area contributed by atoms with Crippen molar-refractivity contribution in [1.82, 2.24) is 24.3 Å². The molecule has 4 aromatic rings. The standard InChI is InChI=1S/C27H22Cl2F3N7O2/c28-18-9-13(26(41)36-20-10-15(7-8-34-20)27(30,31)32)2-5-17(18)22-23-24(33)35-11-19(29)39(23)25(37-22)14-1-3-16-4-6-21(40)38(16)12-14/h2,5,7-11,14,16H,1,3-4,6,12H2,(H2,33,35)(H,34,36,41). The van der Waals surface area contributed by atoms with Crippen molar-refractivity contribution in [2.75, 3.05) is 17.6 Å². The molecule has 2 aliphatic heterocycles. The molecule has 1 aromatic carbocycles. The van der Waals surface area contributed by atoms with Gasteiger partial charge < -0.3 is 16.0 Å². The molecule has 0 aliphatic carbocycles. The lowest BCUT2D eigenvalue weighted by Gasteiger charge is -2.34. The number of imidazole rings is 1. The van der Waals surface area contributed by atoms with Crippen molar-refractivity contribution in [3.8, 4) is 11.3 Å². The molecule has 2 fully saturated rings. The van der Waals surface area contributed by atoms with Gasteiger partial charge in [0.25, 0.3) is 5.91 Å². The highest BCUT2D eigenvalue weighted by molar-refractivity contribution is 6.34. The first-order chi connectivity index (χ1) is 19.5. The quantitative estimate of drug-likeness (QED) is 0.303. The minimum Gasteiger partial charge on any atom is -0.382 e. The fraction of sp³-hybridized carbons (Fsp3) is 0.296. The van der Waals surface area contributed by atoms with Gasteiger partial charge >= 0.3 is 6.18 Å². The summed E-state index contributed by atoms with van der Waals surface area (Å²) in [5.74, 6) is -0.127. The second-order valence-corrected chi connectivity index (χ2v) is 10.9. The molecular formula is C27H22Cl2F3N7O2. The van der Waals surface area contributed by atoms with Crippen molar-refractivity contribution in [3.05, 3.63) is 69.9 Å². The largest absolute Gasteiger partial charge is 0.416 e. The molecule has 2 saturated heterocycles. The Kier molecular flexibility index (Phi) is 6.77. The van der Waals surface area contributed by atoms with Crippen LogP contribution in [0.15, 0.2) is 42.7 Å². The maximum absolute atomic E-state index is 13.0. The normalized spacial score (nSPS) is 19.0. The van der Waals surface area contributed by atoms with E-state index in [2.05, 4.69) is 15.3 Å². The van der Waals surface area contributed by atoms with Gasteiger partial charge in [-0.05, 0) is 43.5 Å². The predicted molar refractivity (Wildman–Crippen MR) is 147 cm³/mol. The van der Waals surface area contributed by atoms with Crippen LogP contribution in [0.3, 0.4) is 0 Å². The maximum Gasteiger partial charge on any atom is 0.416 e. The molecule has 0 saturated carbocycles.